The topological polar surface area (TPSA) is 111 Å². The van der Waals surface area contributed by atoms with E-state index in [2.05, 4.69) is 20.9 Å². The van der Waals surface area contributed by atoms with Gasteiger partial charge in [0.2, 0.25) is 17.7 Å². The first-order valence-electron chi connectivity index (χ1n) is 11.0. The molecular weight excluding hydrogens is 398 g/mol. The van der Waals surface area contributed by atoms with Gasteiger partial charge in [-0.2, -0.15) is 0 Å². The maximum Gasteiger partial charge on any atom is 0.255 e. The lowest BCUT2D eigenvalue weighted by Gasteiger charge is -2.38. The van der Waals surface area contributed by atoms with Crippen LogP contribution in [0.3, 0.4) is 0 Å². The highest BCUT2D eigenvalue weighted by atomic mass is 16.2. The number of carbonyl (C=O) groups is 4. The molecule has 3 fully saturated rings. The average molecular weight is 425 g/mol. The largest absolute Gasteiger partial charge is 0.350 e. The fraction of sp³-hybridized carbons (Fsp3) is 0.545. The number of benzene rings is 1. The highest BCUT2D eigenvalue weighted by Gasteiger charge is 2.40. The van der Waals surface area contributed by atoms with Crippen molar-refractivity contribution in [3.05, 3.63) is 34.9 Å². The molecule has 3 N–H and O–H groups in total. The molecule has 0 aliphatic carbocycles. The summed E-state index contributed by atoms with van der Waals surface area (Å²) < 4.78 is 0. The summed E-state index contributed by atoms with van der Waals surface area (Å²) in [5, 5.41) is 8.94. The van der Waals surface area contributed by atoms with Gasteiger partial charge in [-0.05, 0) is 24.0 Å². The molecule has 5 rings (SSSR count). The Balaban J connectivity index is 1.32. The molecule has 9 nitrogen and oxygen atoms in total. The zero-order chi connectivity index (χ0) is 21.5. The molecule has 0 saturated carbocycles. The van der Waals surface area contributed by atoms with E-state index in [1.54, 1.807) is 4.90 Å². The first kappa shape index (κ1) is 20.1. The van der Waals surface area contributed by atoms with E-state index in [1.165, 1.54) is 0 Å². The standard InChI is InChI=1S/C22H27N5O4/c28-18-5-4-17(21(30)25-18)27-11-14-3-1-2-13(20(14)22(27)31)10-26-9-7-15-16(12-26)24-19(29)6-8-23-15/h1-3,15-17,23H,4-12H2,(H,24,29)(H,25,28,30)/t15-,16+,17?/m0/s1. The average Bonchev–Trinajstić information content (AvgIpc) is 2.95. The van der Waals surface area contributed by atoms with E-state index in [4.69, 9.17) is 0 Å². The molecule has 1 aromatic carbocycles. The molecule has 4 amide bonds. The summed E-state index contributed by atoms with van der Waals surface area (Å²) in [6.07, 6.45) is 2.06. The number of nitrogens with one attached hydrogen (secondary N) is 3. The van der Waals surface area contributed by atoms with E-state index < -0.39 is 11.9 Å². The van der Waals surface area contributed by atoms with Crippen LogP contribution in [0.1, 0.15) is 47.2 Å². The maximum absolute atomic E-state index is 13.3. The van der Waals surface area contributed by atoms with Gasteiger partial charge in [0.05, 0.1) is 6.04 Å². The van der Waals surface area contributed by atoms with E-state index >= 15 is 0 Å². The first-order valence-corrected chi connectivity index (χ1v) is 11.0. The molecule has 4 aliphatic heterocycles. The van der Waals surface area contributed by atoms with Crippen LogP contribution in [0.25, 0.3) is 0 Å². The summed E-state index contributed by atoms with van der Waals surface area (Å²) in [6, 6.07) is 5.61. The summed E-state index contributed by atoms with van der Waals surface area (Å²) >= 11 is 0. The molecule has 0 bridgehead atoms. The Kier molecular flexibility index (Phi) is 5.23. The van der Waals surface area contributed by atoms with Gasteiger partial charge in [-0.1, -0.05) is 18.2 Å². The van der Waals surface area contributed by atoms with Crippen LogP contribution in [0.5, 0.6) is 0 Å². The van der Waals surface area contributed by atoms with Crippen LogP contribution in [0.4, 0.5) is 0 Å². The Morgan fingerprint density at radius 1 is 1.00 bits per heavy atom. The number of hydrogen-bond acceptors (Lipinski definition) is 6. The minimum atomic E-state index is -0.603. The number of amides is 4. The van der Waals surface area contributed by atoms with Gasteiger partial charge in [-0.15, -0.1) is 0 Å². The van der Waals surface area contributed by atoms with Gasteiger partial charge in [0.15, 0.2) is 0 Å². The van der Waals surface area contributed by atoms with Gasteiger partial charge in [0, 0.05) is 57.2 Å². The van der Waals surface area contributed by atoms with Crippen LogP contribution in [0.15, 0.2) is 18.2 Å². The molecule has 3 atom stereocenters. The van der Waals surface area contributed by atoms with Crippen LogP contribution in [-0.2, 0) is 27.5 Å². The minimum absolute atomic E-state index is 0.0659. The number of imide groups is 1. The minimum Gasteiger partial charge on any atom is -0.350 e. The first-order chi connectivity index (χ1) is 15.0. The van der Waals surface area contributed by atoms with Gasteiger partial charge in [0.25, 0.3) is 5.91 Å². The Labute approximate surface area is 180 Å². The fourth-order valence-corrected chi connectivity index (χ4v) is 5.27. The molecule has 1 aromatic rings. The highest BCUT2D eigenvalue weighted by Crippen LogP contribution is 2.31. The molecule has 3 saturated heterocycles. The van der Waals surface area contributed by atoms with Crippen LogP contribution in [0, 0.1) is 0 Å². The second-order valence-corrected chi connectivity index (χ2v) is 8.86. The Morgan fingerprint density at radius 3 is 2.71 bits per heavy atom. The van der Waals surface area contributed by atoms with Crippen molar-refractivity contribution in [3.63, 3.8) is 0 Å². The second-order valence-electron chi connectivity index (χ2n) is 8.86. The van der Waals surface area contributed by atoms with Crippen molar-refractivity contribution < 1.29 is 19.2 Å². The van der Waals surface area contributed by atoms with Crippen LogP contribution in [-0.4, -0.2) is 71.2 Å². The predicted octanol–water partition coefficient (Wildman–Crippen LogP) is -0.500. The van der Waals surface area contributed by atoms with E-state index in [0.29, 0.717) is 38.0 Å². The van der Waals surface area contributed by atoms with Gasteiger partial charge in [0.1, 0.15) is 6.04 Å². The molecule has 0 radical (unpaired) electrons. The normalized spacial score (nSPS) is 29.2. The smallest absolute Gasteiger partial charge is 0.255 e. The molecule has 1 unspecified atom stereocenters. The van der Waals surface area contributed by atoms with E-state index in [1.807, 2.05) is 18.2 Å². The van der Waals surface area contributed by atoms with Crippen molar-refractivity contribution in [2.24, 2.45) is 0 Å². The highest BCUT2D eigenvalue weighted by molar-refractivity contribution is 6.06. The molecule has 164 valence electrons. The molecule has 0 aromatic heterocycles. The van der Waals surface area contributed by atoms with Crippen molar-refractivity contribution in [3.8, 4) is 0 Å². The van der Waals surface area contributed by atoms with Crippen molar-refractivity contribution in [2.45, 2.75) is 56.9 Å². The fourth-order valence-electron chi connectivity index (χ4n) is 5.27. The molecule has 9 heteroatoms. The third-order valence-corrected chi connectivity index (χ3v) is 6.83. The molecule has 0 spiro atoms. The lowest BCUT2D eigenvalue weighted by molar-refractivity contribution is -0.137. The number of hydrogen-bond donors (Lipinski definition) is 3. The monoisotopic (exact) mass is 425 g/mol. The zero-order valence-corrected chi connectivity index (χ0v) is 17.4. The molecular formula is C22H27N5O4. The Bertz CT molecular complexity index is 948. The van der Waals surface area contributed by atoms with Crippen molar-refractivity contribution in [1.29, 1.82) is 0 Å². The Morgan fingerprint density at radius 2 is 1.87 bits per heavy atom. The van der Waals surface area contributed by atoms with E-state index in [9.17, 15) is 19.2 Å². The van der Waals surface area contributed by atoms with Crippen molar-refractivity contribution in [1.82, 2.24) is 25.8 Å². The number of fused-ring (bicyclic) bond motifs is 2. The number of nitrogens with zero attached hydrogens (tertiary/aromatic N) is 2. The third-order valence-electron chi connectivity index (χ3n) is 6.83. The zero-order valence-electron chi connectivity index (χ0n) is 17.4. The van der Waals surface area contributed by atoms with Crippen LogP contribution < -0.4 is 16.0 Å². The predicted molar refractivity (Wildman–Crippen MR) is 111 cm³/mol. The number of likely N-dealkylation sites (tertiary alicyclic amines) is 1. The van der Waals surface area contributed by atoms with Crippen LogP contribution in [0.2, 0.25) is 0 Å². The number of rotatable bonds is 3. The van der Waals surface area contributed by atoms with Crippen molar-refractivity contribution in [2.75, 3.05) is 19.6 Å². The lowest BCUT2D eigenvalue weighted by atomic mass is 9.97. The van der Waals surface area contributed by atoms with E-state index in [0.717, 1.165) is 30.6 Å². The molecule has 31 heavy (non-hydrogen) atoms. The van der Waals surface area contributed by atoms with Crippen LogP contribution >= 0.6 is 0 Å². The second kappa shape index (κ2) is 8.05. The summed E-state index contributed by atoms with van der Waals surface area (Å²) in [5.41, 5.74) is 2.55. The Hall–Kier alpha value is -2.78. The van der Waals surface area contributed by atoms with Gasteiger partial charge in [-0.3, -0.25) is 29.4 Å². The summed E-state index contributed by atoms with van der Waals surface area (Å²) in [7, 11) is 0. The lowest BCUT2D eigenvalue weighted by Crippen LogP contribution is -2.57. The molecule has 4 aliphatic rings. The number of carbonyl (C=O) groups excluding carboxylic acids is 4. The van der Waals surface area contributed by atoms with Gasteiger partial charge >= 0.3 is 0 Å². The van der Waals surface area contributed by atoms with Gasteiger partial charge < -0.3 is 15.5 Å². The maximum atomic E-state index is 13.3. The SMILES string of the molecule is O=C1CCC(N2Cc3cccc(CN4CC[C@@H]5NCCC(=O)N[C@@H]5C4)c3C2=O)C(=O)N1. The quantitative estimate of drug-likeness (QED) is 0.563. The van der Waals surface area contributed by atoms with E-state index in [-0.39, 0.29) is 36.2 Å². The van der Waals surface area contributed by atoms with Gasteiger partial charge in [-0.25, -0.2) is 0 Å². The number of piperidine rings is 2. The third kappa shape index (κ3) is 3.83. The summed E-state index contributed by atoms with van der Waals surface area (Å²) in [4.78, 5) is 52.9. The molecule has 4 heterocycles. The summed E-state index contributed by atoms with van der Waals surface area (Å²) in [5.74, 6) is -0.732. The van der Waals surface area contributed by atoms with Crippen molar-refractivity contribution >= 4 is 23.6 Å². The summed E-state index contributed by atoms with van der Waals surface area (Å²) in [6.45, 7) is 3.34.